The number of nitrogens with zero attached hydrogens (tertiary/aromatic N) is 5. The van der Waals surface area contributed by atoms with Gasteiger partial charge >= 0.3 is 11.9 Å². The van der Waals surface area contributed by atoms with Crippen molar-refractivity contribution >= 4 is 34.4 Å². The maximum Gasteiger partial charge on any atom is 0.417 e. The molecule has 0 aliphatic carbocycles. The lowest BCUT2D eigenvalue weighted by molar-refractivity contribution is -0.137. The normalized spacial score (nSPS) is 24.2. The summed E-state index contributed by atoms with van der Waals surface area (Å²) in [6.07, 6.45) is -4.05. The predicted octanol–water partition coefficient (Wildman–Crippen LogP) is 5.60. The molecular weight excluding hydrogens is 613 g/mol. The summed E-state index contributed by atoms with van der Waals surface area (Å²) < 4.78 is 74.2. The number of hydrogen-bond acceptors (Lipinski definition) is 6. The summed E-state index contributed by atoms with van der Waals surface area (Å²) in [5.74, 6) is -0.467. The average molecular weight is 648 g/mol. The van der Waals surface area contributed by atoms with Crippen LogP contribution < -0.4 is 10.6 Å². The molecule has 45 heavy (non-hydrogen) atoms. The Bertz CT molecular complexity index is 1680. The maximum absolute atomic E-state index is 14.9. The van der Waals surface area contributed by atoms with Crippen LogP contribution in [0.4, 0.5) is 27.8 Å². The third kappa shape index (κ3) is 5.96. The Morgan fingerprint density at radius 3 is 2.40 bits per heavy atom. The minimum absolute atomic E-state index is 0.112. The molecule has 0 bridgehead atoms. The molecule has 2 aromatic carbocycles. The van der Waals surface area contributed by atoms with E-state index >= 15 is 0 Å². The van der Waals surface area contributed by atoms with Gasteiger partial charge < -0.3 is 9.80 Å². The fourth-order valence-electron chi connectivity index (χ4n) is 7.05. The first-order chi connectivity index (χ1) is 21.3. The highest BCUT2D eigenvalue weighted by molar-refractivity contribution is 7.99. The Labute approximate surface area is 261 Å². The van der Waals surface area contributed by atoms with Crippen molar-refractivity contribution in [3.8, 4) is 11.1 Å². The van der Waals surface area contributed by atoms with E-state index in [2.05, 4.69) is 11.6 Å². The number of thioether (sulfide) groups is 1. The number of benzene rings is 2. The van der Waals surface area contributed by atoms with Gasteiger partial charge in [0.2, 0.25) is 5.91 Å². The Morgan fingerprint density at radius 2 is 1.80 bits per heavy atom. The van der Waals surface area contributed by atoms with Crippen LogP contribution in [-0.4, -0.2) is 82.0 Å². The third-order valence-corrected chi connectivity index (χ3v) is 10.2. The molecule has 240 valence electrons. The standard InChI is InChI=1S/C32H34F5N5O2S/c1-4-26(43)42-18(2)12-40(13-19(42)3)30-24-11-25(32(35,36)37)27(21-5-7-22(33)8-6-21)29-28(24)41(31(44)38-30)15-20(17-45-29)14-39-10-9-23(34)16-39/h4-8,11,18-20,23H,1,9-10,12-17H2,2-3H3/t18-,19+,20?,23-/m0/s1. The zero-order valence-electron chi connectivity index (χ0n) is 25.0. The summed E-state index contributed by atoms with van der Waals surface area (Å²) >= 11 is 1.24. The minimum Gasteiger partial charge on any atom is -0.352 e. The Morgan fingerprint density at radius 1 is 1.11 bits per heavy atom. The molecule has 0 spiro atoms. The van der Waals surface area contributed by atoms with Crippen LogP contribution in [0.1, 0.15) is 25.8 Å². The summed E-state index contributed by atoms with van der Waals surface area (Å²) in [7, 11) is 0. The summed E-state index contributed by atoms with van der Waals surface area (Å²) in [5, 5.41) is 0.184. The number of halogens is 5. The molecule has 3 aromatic rings. The zero-order valence-corrected chi connectivity index (χ0v) is 25.8. The molecule has 0 saturated carbocycles. The quantitative estimate of drug-likeness (QED) is 0.266. The van der Waals surface area contributed by atoms with Crippen molar-refractivity contribution in [3.63, 3.8) is 0 Å². The Hall–Kier alpha value is -3.45. The summed E-state index contributed by atoms with van der Waals surface area (Å²) in [4.78, 5) is 36.5. The van der Waals surface area contributed by atoms with E-state index in [-0.39, 0.29) is 77.3 Å². The van der Waals surface area contributed by atoms with Crippen molar-refractivity contribution < 1.29 is 26.7 Å². The molecular formula is C32H34F5N5O2S. The van der Waals surface area contributed by atoms with Crippen LogP contribution >= 0.6 is 11.8 Å². The number of piperazine rings is 1. The Balaban J connectivity index is 1.56. The number of carbonyl (C=O) groups is 1. The average Bonchev–Trinajstić information content (AvgIpc) is 3.29. The van der Waals surface area contributed by atoms with E-state index in [0.29, 0.717) is 30.8 Å². The molecule has 1 aromatic heterocycles. The van der Waals surface area contributed by atoms with Crippen molar-refractivity contribution in [3.05, 3.63) is 64.9 Å². The lowest BCUT2D eigenvalue weighted by Gasteiger charge is -2.44. The van der Waals surface area contributed by atoms with Crippen LogP contribution in [0, 0.1) is 11.7 Å². The van der Waals surface area contributed by atoms with E-state index in [0.717, 1.165) is 18.2 Å². The van der Waals surface area contributed by atoms with Gasteiger partial charge in [0.25, 0.3) is 0 Å². The van der Waals surface area contributed by atoms with E-state index in [1.54, 1.807) is 9.80 Å². The molecule has 3 aliphatic rings. The highest BCUT2D eigenvalue weighted by atomic mass is 32.2. The molecule has 0 N–H and O–H groups in total. The first kappa shape index (κ1) is 31.5. The first-order valence-electron chi connectivity index (χ1n) is 15.0. The van der Waals surface area contributed by atoms with E-state index in [4.69, 9.17) is 0 Å². The van der Waals surface area contributed by atoms with Crippen LogP contribution in [-0.2, 0) is 17.5 Å². The van der Waals surface area contributed by atoms with Gasteiger partial charge in [-0.3, -0.25) is 14.3 Å². The van der Waals surface area contributed by atoms with Gasteiger partial charge in [0, 0.05) is 73.0 Å². The molecule has 7 nitrogen and oxygen atoms in total. The fraction of sp³-hybridized carbons (Fsp3) is 0.469. The van der Waals surface area contributed by atoms with Crippen molar-refractivity contribution in [2.45, 2.75) is 56.1 Å². The SMILES string of the molecule is C=CC(=O)N1[C@H](C)CN(c2nc(=O)n3c4c(c(-c5ccc(F)cc5)c(C(F)(F)F)cc24)SCC(CN2CC[C@H](F)C2)C3)C[C@@H]1C. The number of rotatable bonds is 5. The number of aromatic nitrogens is 2. The van der Waals surface area contributed by atoms with Crippen molar-refractivity contribution in [1.82, 2.24) is 19.4 Å². The van der Waals surface area contributed by atoms with Crippen molar-refractivity contribution in [2.24, 2.45) is 5.92 Å². The summed E-state index contributed by atoms with van der Waals surface area (Å²) in [6.45, 7) is 9.31. The number of amides is 1. The van der Waals surface area contributed by atoms with Crippen LogP contribution in [0.25, 0.3) is 22.0 Å². The molecule has 1 unspecified atom stereocenters. The highest BCUT2D eigenvalue weighted by Crippen LogP contribution is 2.48. The van der Waals surface area contributed by atoms with E-state index in [1.807, 2.05) is 18.7 Å². The van der Waals surface area contributed by atoms with Crippen molar-refractivity contribution in [1.29, 1.82) is 0 Å². The van der Waals surface area contributed by atoms with Gasteiger partial charge in [-0.1, -0.05) is 18.7 Å². The first-order valence-corrected chi connectivity index (χ1v) is 16.0. The highest BCUT2D eigenvalue weighted by Gasteiger charge is 2.40. The maximum atomic E-state index is 14.9. The molecule has 1 amide bonds. The lowest BCUT2D eigenvalue weighted by atomic mass is 9.96. The van der Waals surface area contributed by atoms with Gasteiger partial charge in [-0.25, -0.2) is 13.6 Å². The number of likely N-dealkylation sites (tertiary alicyclic amines) is 1. The van der Waals surface area contributed by atoms with Gasteiger partial charge in [-0.05, 0) is 56.0 Å². The van der Waals surface area contributed by atoms with Crippen LogP contribution in [0.5, 0.6) is 0 Å². The molecule has 4 atom stereocenters. The van der Waals surface area contributed by atoms with Gasteiger partial charge in [-0.2, -0.15) is 18.2 Å². The number of hydrogen-bond donors (Lipinski definition) is 0. The van der Waals surface area contributed by atoms with Gasteiger partial charge in [0.15, 0.2) is 0 Å². The van der Waals surface area contributed by atoms with E-state index in [1.165, 1.54) is 34.5 Å². The van der Waals surface area contributed by atoms with Crippen LogP contribution in [0.3, 0.4) is 0 Å². The van der Waals surface area contributed by atoms with E-state index in [9.17, 15) is 31.5 Å². The smallest absolute Gasteiger partial charge is 0.352 e. The monoisotopic (exact) mass is 647 g/mol. The minimum atomic E-state index is -4.78. The van der Waals surface area contributed by atoms with Gasteiger partial charge in [0.05, 0.1) is 11.1 Å². The second kappa shape index (κ2) is 12.1. The number of carbonyl (C=O) groups excluding carboxylic acids is 1. The summed E-state index contributed by atoms with van der Waals surface area (Å²) in [6, 6.07) is 5.29. The predicted molar refractivity (Wildman–Crippen MR) is 165 cm³/mol. The summed E-state index contributed by atoms with van der Waals surface area (Å²) in [5.41, 5.74) is -1.08. The second-order valence-corrected chi connectivity index (χ2v) is 13.3. The van der Waals surface area contributed by atoms with Gasteiger partial charge in [-0.15, -0.1) is 11.8 Å². The second-order valence-electron chi connectivity index (χ2n) is 12.2. The van der Waals surface area contributed by atoms with Crippen LogP contribution in [0.15, 0.2) is 52.7 Å². The largest absolute Gasteiger partial charge is 0.417 e. The molecule has 13 heteroatoms. The molecule has 3 aliphatic heterocycles. The number of anilines is 1. The Kier molecular flexibility index (Phi) is 8.44. The van der Waals surface area contributed by atoms with E-state index < -0.39 is 29.4 Å². The molecule has 2 saturated heterocycles. The zero-order chi connectivity index (χ0) is 32.2. The number of alkyl halides is 4. The molecule has 2 fully saturated rings. The lowest BCUT2D eigenvalue weighted by Crippen LogP contribution is -2.58. The van der Waals surface area contributed by atoms with Crippen molar-refractivity contribution in [2.75, 3.05) is 43.4 Å². The van der Waals surface area contributed by atoms with Gasteiger partial charge in [0.1, 0.15) is 17.8 Å². The molecule has 4 heterocycles. The molecule has 6 rings (SSSR count). The third-order valence-electron chi connectivity index (χ3n) is 8.92. The topological polar surface area (TPSA) is 61.7 Å². The molecule has 0 radical (unpaired) electrons. The van der Waals surface area contributed by atoms with Crippen LogP contribution in [0.2, 0.25) is 0 Å². The fourth-order valence-corrected chi connectivity index (χ4v) is 8.39.